The zero-order chi connectivity index (χ0) is 18.1. The van der Waals surface area contributed by atoms with Crippen LogP contribution in [0, 0.1) is 6.92 Å². The molecule has 0 heterocycles. The minimum absolute atomic E-state index is 0.243. The number of hydrogen-bond donors (Lipinski definition) is 1. The Kier molecular flexibility index (Phi) is 8.47. The number of aliphatic hydroxyl groups excluding tert-OH is 1. The second-order valence-corrected chi connectivity index (χ2v) is 5.67. The van der Waals surface area contributed by atoms with Crippen molar-refractivity contribution in [2.45, 2.75) is 39.5 Å². The van der Waals surface area contributed by atoms with Gasteiger partial charge in [-0.2, -0.15) is 0 Å². The number of ether oxygens (including phenoxy) is 4. The monoisotopic (exact) mass is 338 g/mol. The quantitative estimate of drug-likeness (QED) is 0.521. The van der Waals surface area contributed by atoms with Crippen LogP contribution in [0.1, 0.15) is 37.3 Å². The molecule has 0 saturated carbocycles. The normalized spacial score (nSPS) is 11.4. The summed E-state index contributed by atoms with van der Waals surface area (Å²) in [6, 6.07) is 0. The molecule has 24 heavy (non-hydrogen) atoms. The standard InChI is InChI=1S/C19H30O5/c1-13(9-7-8-12-20)10-11-15-14(2)16(21-3)18(23-5)19(24-6)17(15)22-4/h10,20H,7-9,11-12H2,1-6H3/b13-10+. The van der Waals surface area contributed by atoms with Crippen LogP contribution < -0.4 is 18.9 Å². The van der Waals surface area contributed by atoms with E-state index in [1.165, 1.54) is 5.57 Å². The van der Waals surface area contributed by atoms with Gasteiger partial charge in [0.2, 0.25) is 11.5 Å². The van der Waals surface area contributed by atoms with Crippen LogP contribution in [-0.2, 0) is 6.42 Å². The highest BCUT2D eigenvalue weighted by Gasteiger charge is 2.24. The molecule has 0 radical (unpaired) electrons. The fourth-order valence-corrected chi connectivity index (χ4v) is 2.79. The van der Waals surface area contributed by atoms with Gasteiger partial charge in [-0.3, -0.25) is 0 Å². The van der Waals surface area contributed by atoms with Gasteiger partial charge in [0.1, 0.15) is 0 Å². The van der Waals surface area contributed by atoms with E-state index < -0.39 is 0 Å². The molecule has 0 atom stereocenters. The number of rotatable bonds is 10. The van der Waals surface area contributed by atoms with Crippen molar-refractivity contribution in [3.63, 3.8) is 0 Å². The SMILES string of the molecule is COc1c(C)c(C/C=C(\C)CCCCO)c(OC)c(OC)c1OC. The topological polar surface area (TPSA) is 57.2 Å². The van der Waals surface area contributed by atoms with Crippen molar-refractivity contribution in [3.05, 3.63) is 22.8 Å². The zero-order valence-corrected chi connectivity index (χ0v) is 15.7. The number of allylic oxidation sites excluding steroid dienone is 2. The molecule has 1 aromatic rings. The van der Waals surface area contributed by atoms with Crippen molar-refractivity contribution >= 4 is 0 Å². The zero-order valence-electron chi connectivity index (χ0n) is 15.7. The number of unbranched alkanes of at least 4 members (excludes halogenated alkanes) is 1. The van der Waals surface area contributed by atoms with Crippen molar-refractivity contribution in [1.82, 2.24) is 0 Å². The summed E-state index contributed by atoms with van der Waals surface area (Å²) >= 11 is 0. The van der Waals surface area contributed by atoms with E-state index in [9.17, 15) is 0 Å². The Morgan fingerprint density at radius 1 is 0.875 bits per heavy atom. The lowest BCUT2D eigenvalue weighted by molar-refractivity contribution is 0.284. The average molecular weight is 338 g/mol. The summed E-state index contributed by atoms with van der Waals surface area (Å²) in [7, 11) is 6.43. The molecular formula is C19H30O5. The van der Waals surface area contributed by atoms with E-state index in [4.69, 9.17) is 24.1 Å². The molecule has 0 saturated heterocycles. The Balaban J connectivity index is 3.24. The average Bonchev–Trinajstić information content (AvgIpc) is 2.59. The predicted molar refractivity (Wildman–Crippen MR) is 95.8 cm³/mol. The third kappa shape index (κ3) is 4.57. The number of aliphatic hydroxyl groups is 1. The summed E-state index contributed by atoms with van der Waals surface area (Å²) in [5.41, 5.74) is 3.29. The Morgan fingerprint density at radius 2 is 1.42 bits per heavy atom. The van der Waals surface area contributed by atoms with Gasteiger partial charge >= 0.3 is 0 Å². The van der Waals surface area contributed by atoms with Gasteiger partial charge in [0, 0.05) is 17.7 Å². The predicted octanol–water partition coefficient (Wildman–Crippen LogP) is 3.68. The highest BCUT2D eigenvalue weighted by molar-refractivity contribution is 5.67. The second kappa shape index (κ2) is 10.1. The maximum Gasteiger partial charge on any atom is 0.207 e. The molecular weight excluding hydrogens is 308 g/mol. The second-order valence-electron chi connectivity index (χ2n) is 5.67. The largest absolute Gasteiger partial charge is 0.492 e. The maximum absolute atomic E-state index is 8.88. The van der Waals surface area contributed by atoms with Crippen LogP contribution in [-0.4, -0.2) is 40.2 Å². The molecule has 0 aliphatic heterocycles. The Morgan fingerprint density at radius 3 is 1.92 bits per heavy atom. The lowest BCUT2D eigenvalue weighted by Gasteiger charge is -2.21. The van der Waals surface area contributed by atoms with Gasteiger partial charge in [-0.05, 0) is 39.5 Å². The molecule has 0 aromatic heterocycles. The van der Waals surface area contributed by atoms with E-state index in [-0.39, 0.29) is 6.61 Å². The first-order valence-corrected chi connectivity index (χ1v) is 8.17. The molecule has 1 aromatic carbocycles. The summed E-state index contributed by atoms with van der Waals surface area (Å²) < 4.78 is 22.1. The van der Waals surface area contributed by atoms with Gasteiger partial charge in [-0.25, -0.2) is 0 Å². The molecule has 1 rings (SSSR count). The minimum atomic E-state index is 0.243. The van der Waals surface area contributed by atoms with Crippen LogP contribution in [0.3, 0.4) is 0 Å². The molecule has 5 heteroatoms. The molecule has 0 amide bonds. The van der Waals surface area contributed by atoms with E-state index in [0.717, 1.165) is 36.8 Å². The van der Waals surface area contributed by atoms with Gasteiger partial charge < -0.3 is 24.1 Å². The van der Waals surface area contributed by atoms with Gasteiger partial charge in [-0.15, -0.1) is 0 Å². The van der Waals surface area contributed by atoms with Crippen LogP contribution >= 0.6 is 0 Å². The number of hydrogen-bond acceptors (Lipinski definition) is 5. The van der Waals surface area contributed by atoms with Crippen LogP contribution in [0.15, 0.2) is 11.6 Å². The maximum atomic E-state index is 8.88. The van der Waals surface area contributed by atoms with E-state index in [1.54, 1.807) is 28.4 Å². The van der Waals surface area contributed by atoms with Gasteiger partial charge in [0.25, 0.3) is 0 Å². The molecule has 0 aliphatic rings. The first-order valence-electron chi connectivity index (χ1n) is 8.17. The van der Waals surface area contributed by atoms with Crippen molar-refractivity contribution in [2.24, 2.45) is 0 Å². The fourth-order valence-electron chi connectivity index (χ4n) is 2.79. The highest BCUT2D eigenvalue weighted by atomic mass is 16.5. The van der Waals surface area contributed by atoms with Crippen molar-refractivity contribution in [2.75, 3.05) is 35.0 Å². The molecule has 0 bridgehead atoms. The minimum Gasteiger partial charge on any atom is -0.492 e. The summed E-state index contributed by atoms with van der Waals surface area (Å²) in [6.07, 6.45) is 5.71. The third-order valence-electron chi connectivity index (χ3n) is 4.14. The van der Waals surface area contributed by atoms with E-state index in [0.29, 0.717) is 23.0 Å². The van der Waals surface area contributed by atoms with Crippen molar-refractivity contribution in [3.8, 4) is 23.0 Å². The van der Waals surface area contributed by atoms with Crippen LogP contribution in [0.4, 0.5) is 0 Å². The van der Waals surface area contributed by atoms with Crippen molar-refractivity contribution < 1.29 is 24.1 Å². The number of methoxy groups -OCH3 is 4. The van der Waals surface area contributed by atoms with Crippen LogP contribution in [0.2, 0.25) is 0 Å². The highest BCUT2D eigenvalue weighted by Crippen LogP contribution is 2.49. The molecule has 0 unspecified atom stereocenters. The Labute approximate surface area is 145 Å². The number of benzene rings is 1. The van der Waals surface area contributed by atoms with E-state index in [1.807, 2.05) is 6.92 Å². The molecule has 0 fully saturated rings. The van der Waals surface area contributed by atoms with Crippen LogP contribution in [0.25, 0.3) is 0 Å². The molecule has 1 N–H and O–H groups in total. The Hall–Kier alpha value is -1.88. The van der Waals surface area contributed by atoms with Crippen molar-refractivity contribution in [1.29, 1.82) is 0 Å². The first-order chi connectivity index (χ1) is 11.5. The molecule has 5 nitrogen and oxygen atoms in total. The lowest BCUT2D eigenvalue weighted by atomic mass is 9.99. The summed E-state index contributed by atoms with van der Waals surface area (Å²) in [5, 5.41) is 8.88. The molecule has 0 aliphatic carbocycles. The van der Waals surface area contributed by atoms with E-state index in [2.05, 4.69) is 13.0 Å². The lowest BCUT2D eigenvalue weighted by Crippen LogP contribution is -2.04. The molecule has 0 spiro atoms. The van der Waals surface area contributed by atoms with Gasteiger partial charge in [0.05, 0.1) is 28.4 Å². The smallest absolute Gasteiger partial charge is 0.207 e. The van der Waals surface area contributed by atoms with Crippen LogP contribution in [0.5, 0.6) is 23.0 Å². The Bertz CT molecular complexity index is 564. The third-order valence-corrected chi connectivity index (χ3v) is 4.14. The molecule has 136 valence electrons. The summed E-state index contributed by atoms with van der Waals surface area (Å²) in [5.74, 6) is 2.43. The summed E-state index contributed by atoms with van der Waals surface area (Å²) in [6.45, 7) is 4.35. The van der Waals surface area contributed by atoms with Gasteiger partial charge in [0.15, 0.2) is 11.5 Å². The first kappa shape index (κ1) is 20.2. The fraction of sp³-hybridized carbons (Fsp3) is 0.579. The van der Waals surface area contributed by atoms with E-state index >= 15 is 0 Å². The summed E-state index contributed by atoms with van der Waals surface area (Å²) in [4.78, 5) is 0. The van der Waals surface area contributed by atoms with Gasteiger partial charge in [-0.1, -0.05) is 11.6 Å².